The highest BCUT2D eigenvalue weighted by atomic mass is 16.5. The number of rotatable bonds is 2. The molecule has 3 heterocycles. The van der Waals surface area contributed by atoms with Gasteiger partial charge in [-0.2, -0.15) is 0 Å². The average molecular weight is 269 g/mol. The van der Waals surface area contributed by atoms with Crippen molar-refractivity contribution in [3.63, 3.8) is 0 Å². The van der Waals surface area contributed by atoms with Gasteiger partial charge in [0.15, 0.2) is 11.5 Å². The van der Waals surface area contributed by atoms with E-state index in [2.05, 4.69) is 15.0 Å². The fraction of sp³-hybridized carbons (Fsp3) is 0.500. The van der Waals surface area contributed by atoms with Crippen molar-refractivity contribution in [2.24, 2.45) is 0 Å². The molecule has 0 saturated carbocycles. The van der Waals surface area contributed by atoms with Crippen LogP contribution in [-0.2, 0) is 4.74 Å². The Bertz CT molecular complexity index is 574. The molecule has 6 N–H and O–H groups in total. The van der Waals surface area contributed by atoms with Crippen LogP contribution < -0.4 is 5.73 Å². The molecule has 19 heavy (non-hydrogen) atoms. The third-order valence-corrected chi connectivity index (χ3v) is 3.08. The highest BCUT2D eigenvalue weighted by Crippen LogP contribution is 2.30. The maximum absolute atomic E-state index is 9.71. The Morgan fingerprint density at radius 3 is 2.89 bits per heavy atom. The number of fused-ring (bicyclic) bond motifs is 1. The average Bonchev–Trinajstić information content (AvgIpc) is 2.93. The van der Waals surface area contributed by atoms with Crippen molar-refractivity contribution in [3.05, 3.63) is 12.7 Å². The van der Waals surface area contributed by atoms with Crippen molar-refractivity contribution < 1.29 is 20.4 Å². The van der Waals surface area contributed by atoms with Crippen LogP contribution in [-0.4, -0.2) is 54.0 Å². The molecule has 0 aromatic carbocycles. The Morgan fingerprint density at radius 2 is 2.21 bits per heavy atom. The minimum Gasteiger partial charge on any atom is -0.412 e. The summed E-state index contributed by atoms with van der Waals surface area (Å²) in [6, 6.07) is 0. The van der Waals surface area contributed by atoms with Gasteiger partial charge in [0.1, 0.15) is 24.2 Å². The van der Waals surface area contributed by atoms with Gasteiger partial charge in [0.25, 0.3) is 0 Å². The molecule has 3 rings (SSSR count). The number of anilines is 1. The molecule has 1 unspecified atom stereocenters. The lowest BCUT2D eigenvalue weighted by atomic mass is 10.2. The lowest BCUT2D eigenvalue weighted by Crippen LogP contribution is -2.24. The molecule has 3 atom stereocenters. The molecule has 0 bridgehead atoms. The lowest BCUT2D eigenvalue weighted by molar-refractivity contribution is -0.0432. The summed E-state index contributed by atoms with van der Waals surface area (Å²) in [5.41, 5.74) is 6.75. The van der Waals surface area contributed by atoms with Crippen LogP contribution in [0.2, 0.25) is 0 Å². The van der Waals surface area contributed by atoms with E-state index in [-0.39, 0.29) is 12.1 Å². The first-order valence-electron chi connectivity index (χ1n) is 5.58. The number of aliphatic hydroxyl groups excluding tert-OH is 2. The molecule has 0 spiro atoms. The first-order valence-corrected chi connectivity index (χ1v) is 5.58. The molecule has 1 aliphatic heterocycles. The van der Waals surface area contributed by atoms with Crippen molar-refractivity contribution in [1.82, 2.24) is 19.5 Å². The van der Waals surface area contributed by atoms with Gasteiger partial charge in [-0.1, -0.05) is 0 Å². The van der Waals surface area contributed by atoms with Crippen LogP contribution in [0.4, 0.5) is 5.82 Å². The van der Waals surface area contributed by atoms with E-state index in [1.165, 1.54) is 6.33 Å². The zero-order valence-electron chi connectivity index (χ0n) is 9.97. The number of nitrogens with zero attached hydrogens (tertiary/aromatic N) is 4. The number of aromatic nitrogens is 4. The second-order valence-electron chi connectivity index (χ2n) is 4.20. The van der Waals surface area contributed by atoms with Crippen LogP contribution in [0.1, 0.15) is 12.6 Å². The molecule has 0 amide bonds. The third-order valence-electron chi connectivity index (χ3n) is 3.08. The van der Waals surface area contributed by atoms with Crippen LogP contribution in [0.5, 0.6) is 0 Å². The van der Waals surface area contributed by atoms with E-state index in [4.69, 9.17) is 15.6 Å². The summed E-state index contributed by atoms with van der Waals surface area (Å²) in [6.45, 7) is -0.221. The first kappa shape index (κ1) is 13.6. The Labute approximate surface area is 108 Å². The molecule has 1 saturated heterocycles. The second-order valence-corrected chi connectivity index (χ2v) is 4.20. The number of imidazole rings is 1. The molecule has 9 heteroatoms. The predicted molar refractivity (Wildman–Crippen MR) is 65.0 cm³/mol. The normalized spacial score (nSPS) is 26.5. The van der Waals surface area contributed by atoms with Crippen molar-refractivity contribution in [2.75, 3.05) is 12.3 Å². The van der Waals surface area contributed by atoms with Crippen LogP contribution in [0.3, 0.4) is 0 Å². The van der Waals surface area contributed by atoms with Gasteiger partial charge in [-0.05, 0) is 0 Å². The molecule has 1 fully saturated rings. The topological polar surface area (TPSA) is 151 Å². The van der Waals surface area contributed by atoms with Crippen molar-refractivity contribution in [2.45, 2.75) is 24.9 Å². The largest absolute Gasteiger partial charge is 0.412 e. The lowest BCUT2D eigenvalue weighted by Gasteiger charge is -2.13. The number of nitrogen functional groups attached to an aromatic ring is 1. The standard InChI is InChI=1S/C10H13N5O3.H2O/c11-9-8-10(13-3-12-9)15(4-14-8)7-1-5(17)6(2-16)18-7;/h3-7,16-17H,1-2H2,(H2,11,12,13);1H2/t5-,6?,7+;/m0./s1. The van der Waals surface area contributed by atoms with Gasteiger partial charge in [0, 0.05) is 6.42 Å². The SMILES string of the molecule is Nc1ncnc2c1ncn2[C@H]1C[C@H](O)C(CO)O1.O. The Kier molecular flexibility index (Phi) is 3.62. The van der Waals surface area contributed by atoms with E-state index < -0.39 is 18.4 Å². The van der Waals surface area contributed by atoms with Crippen molar-refractivity contribution in [1.29, 1.82) is 0 Å². The maximum atomic E-state index is 9.71. The van der Waals surface area contributed by atoms with Crippen LogP contribution >= 0.6 is 0 Å². The number of hydrogen-bond donors (Lipinski definition) is 3. The molecular weight excluding hydrogens is 254 g/mol. The van der Waals surface area contributed by atoms with E-state index in [0.29, 0.717) is 23.4 Å². The fourth-order valence-corrected chi connectivity index (χ4v) is 2.13. The predicted octanol–water partition coefficient (Wildman–Crippen LogP) is -1.78. The van der Waals surface area contributed by atoms with E-state index in [0.717, 1.165) is 0 Å². The summed E-state index contributed by atoms with van der Waals surface area (Å²) in [5, 5.41) is 18.8. The summed E-state index contributed by atoms with van der Waals surface area (Å²) in [5.74, 6) is 0.302. The Hall–Kier alpha value is -1.81. The molecular formula is C10H15N5O4. The second kappa shape index (κ2) is 5.05. The summed E-state index contributed by atoms with van der Waals surface area (Å²) in [6.07, 6.45) is 1.60. The van der Waals surface area contributed by atoms with Crippen molar-refractivity contribution >= 4 is 17.0 Å². The summed E-state index contributed by atoms with van der Waals surface area (Å²) in [4.78, 5) is 12.1. The zero-order chi connectivity index (χ0) is 12.7. The van der Waals surface area contributed by atoms with Gasteiger partial charge >= 0.3 is 0 Å². The Morgan fingerprint density at radius 1 is 1.42 bits per heavy atom. The first-order chi connectivity index (χ1) is 8.70. The number of hydrogen-bond acceptors (Lipinski definition) is 7. The van der Waals surface area contributed by atoms with Crippen LogP contribution in [0, 0.1) is 0 Å². The number of nitrogens with two attached hydrogens (primary N) is 1. The van der Waals surface area contributed by atoms with Gasteiger partial charge in [-0.3, -0.25) is 4.57 Å². The zero-order valence-corrected chi connectivity index (χ0v) is 9.97. The van der Waals surface area contributed by atoms with Gasteiger partial charge in [0.2, 0.25) is 0 Å². The molecule has 0 aliphatic carbocycles. The van der Waals surface area contributed by atoms with E-state index >= 15 is 0 Å². The third kappa shape index (κ3) is 2.12. The molecule has 2 aromatic heterocycles. The molecule has 2 aromatic rings. The molecule has 1 aliphatic rings. The Balaban J connectivity index is 0.00000133. The fourth-order valence-electron chi connectivity index (χ4n) is 2.13. The van der Waals surface area contributed by atoms with Gasteiger partial charge in [-0.25, -0.2) is 15.0 Å². The van der Waals surface area contributed by atoms with E-state index in [1.54, 1.807) is 10.9 Å². The van der Waals surface area contributed by atoms with E-state index in [1.807, 2.05) is 0 Å². The monoisotopic (exact) mass is 269 g/mol. The summed E-state index contributed by atoms with van der Waals surface area (Å²) < 4.78 is 7.22. The summed E-state index contributed by atoms with van der Waals surface area (Å²) in [7, 11) is 0. The summed E-state index contributed by atoms with van der Waals surface area (Å²) >= 11 is 0. The van der Waals surface area contributed by atoms with Crippen LogP contribution in [0.25, 0.3) is 11.2 Å². The highest BCUT2D eigenvalue weighted by Gasteiger charge is 2.35. The minimum absolute atomic E-state index is 0. The highest BCUT2D eigenvalue weighted by molar-refractivity contribution is 5.81. The minimum atomic E-state index is -0.698. The van der Waals surface area contributed by atoms with Crippen molar-refractivity contribution in [3.8, 4) is 0 Å². The number of aliphatic hydroxyl groups is 2. The quantitative estimate of drug-likeness (QED) is 0.583. The number of ether oxygens (including phenoxy) is 1. The molecule has 9 nitrogen and oxygen atoms in total. The van der Waals surface area contributed by atoms with Crippen LogP contribution in [0.15, 0.2) is 12.7 Å². The maximum Gasteiger partial charge on any atom is 0.167 e. The van der Waals surface area contributed by atoms with Gasteiger partial charge in [-0.15, -0.1) is 0 Å². The van der Waals surface area contributed by atoms with E-state index in [9.17, 15) is 5.11 Å². The molecule has 0 radical (unpaired) electrons. The molecule has 104 valence electrons. The smallest absolute Gasteiger partial charge is 0.167 e. The van der Waals surface area contributed by atoms with Gasteiger partial charge < -0.3 is 26.2 Å². The van der Waals surface area contributed by atoms with Gasteiger partial charge in [0.05, 0.1) is 19.0 Å².